The summed E-state index contributed by atoms with van der Waals surface area (Å²) in [6, 6.07) is 1.96. The monoisotopic (exact) mass is 257 g/mol. The van der Waals surface area contributed by atoms with Crippen LogP contribution < -0.4 is 5.32 Å². The fourth-order valence-corrected chi connectivity index (χ4v) is 2.14. The van der Waals surface area contributed by atoms with Crippen LogP contribution in [0.2, 0.25) is 0 Å². The molecule has 1 atom stereocenters. The molecule has 0 aliphatic rings. The average molecular weight is 257 g/mol. The molecule has 0 bridgehead atoms. The molecule has 0 aromatic carbocycles. The number of nitrogens with one attached hydrogen (secondary N) is 1. The zero-order valence-electron chi connectivity index (χ0n) is 10.4. The van der Waals surface area contributed by atoms with Crippen LogP contribution in [-0.2, 0) is 14.3 Å². The van der Waals surface area contributed by atoms with Crippen molar-refractivity contribution in [3.63, 3.8) is 0 Å². The largest absolute Gasteiger partial charge is 0.345 e. The summed E-state index contributed by atoms with van der Waals surface area (Å²) in [5, 5.41) is 6.87. The Balaban J connectivity index is 2.51. The number of carbonyl (C=O) groups is 1. The van der Waals surface area contributed by atoms with Gasteiger partial charge in [-0.1, -0.05) is 0 Å². The normalized spacial score (nSPS) is 12.7. The van der Waals surface area contributed by atoms with Crippen LogP contribution in [0.1, 0.15) is 32.4 Å². The molecule has 0 saturated carbocycles. The molecule has 1 heterocycles. The van der Waals surface area contributed by atoms with Gasteiger partial charge in [-0.05, 0) is 43.2 Å². The first-order chi connectivity index (χ1) is 8.19. The van der Waals surface area contributed by atoms with E-state index in [1.54, 1.807) is 11.3 Å². The van der Waals surface area contributed by atoms with E-state index in [0.29, 0.717) is 13.2 Å². The van der Waals surface area contributed by atoms with Crippen LogP contribution in [0.15, 0.2) is 16.8 Å². The predicted molar refractivity (Wildman–Crippen MR) is 67.9 cm³/mol. The molecule has 0 saturated heterocycles. The maximum atomic E-state index is 11.9. The molecule has 1 unspecified atom stereocenters. The smallest absolute Gasteiger partial charge is 0.277 e. The van der Waals surface area contributed by atoms with Gasteiger partial charge < -0.3 is 14.8 Å². The number of carbonyl (C=O) groups excluding carboxylic acids is 1. The fraction of sp³-hybridized carbons (Fsp3) is 0.583. The Bertz CT molecular complexity index is 321. The second kappa shape index (κ2) is 7.42. The van der Waals surface area contributed by atoms with Crippen molar-refractivity contribution in [2.45, 2.75) is 33.1 Å². The van der Waals surface area contributed by atoms with E-state index in [-0.39, 0.29) is 11.9 Å². The van der Waals surface area contributed by atoms with Gasteiger partial charge in [0.15, 0.2) is 0 Å². The van der Waals surface area contributed by atoms with E-state index >= 15 is 0 Å². The van der Waals surface area contributed by atoms with Crippen molar-refractivity contribution in [1.82, 2.24) is 5.32 Å². The maximum Gasteiger partial charge on any atom is 0.277 e. The molecular formula is C12H19NO3S. The van der Waals surface area contributed by atoms with Crippen LogP contribution in [0.5, 0.6) is 0 Å². The van der Waals surface area contributed by atoms with Gasteiger partial charge in [-0.15, -0.1) is 0 Å². The number of ether oxygens (including phenoxy) is 2. The van der Waals surface area contributed by atoms with Crippen molar-refractivity contribution in [1.29, 1.82) is 0 Å². The van der Waals surface area contributed by atoms with E-state index < -0.39 is 6.29 Å². The second-order valence-corrected chi connectivity index (χ2v) is 4.31. The molecule has 0 spiro atoms. The lowest BCUT2D eigenvalue weighted by Crippen LogP contribution is -2.39. The molecule has 0 radical (unpaired) electrons. The van der Waals surface area contributed by atoms with Crippen LogP contribution in [0.3, 0.4) is 0 Å². The van der Waals surface area contributed by atoms with E-state index in [1.807, 2.05) is 37.6 Å². The number of rotatable bonds is 7. The van der Waals surface area contributed by atoms with Gasteiger partial charge in [-0.25, -0.2) is 0 Å². The minimum atomic E-state index is -0.814. The van der Waals surface area contributed by atoms with Gasteiger partial charge in [0.1, 0.15) is 0 Å². The summed E-state index contributed by atoms with van der Waals surface area (Å²) in [6.45, 7) is 6.51. The molecule has 17 heavy (non-hydrogen) atoms. The van der Waals surface area contributed by atoms with E-state index in [4.69, 9.17) is 9.47 Å². The SMILES string of the molecule is CCOC(OCC)C(=O)NC(C)c1ccsc1. The zero-order valence-corrected chi connectivity index (χ0v) is 11.3. The molecule has 5 heteroatoms. The van der Waals surface area contributed by atoms with E-state index in [1.165, 1.54) is 0 Å². The van der Waals surface area contributed by atoms with Gasteiger partial charge in [0.2, 0.25) is 6.29 Å². The van der Waals surface area contributed by atoms with Crippen molar-refractivity contribution in [3.05, 3.63) is 22.4 Å². The Labute approximate surface area is 106 Å². The standard InChI is InChI=1S/C12H19NO3S/c1-4-15-12(16-5-2)11(14)13-9(3)10-6-7-17-8-10/h6-9,12H,4-5H2,1-3H3,(H,13,14). The van der Waals surface area contributed by atoms with Gasteiger partial charge in [-0.2, -0.15) is 11.3 Å². The molecule has 4 nitrogen and oxygen atoms in total. The van der Waals surface area contributed by atoms with Crippen molar-refractivity contribution in [2.24, 2.45) is 0 Å². The first-order valence-corrected chi connectivity index (χ1v) is 6.69. The molecule has 1 amide bonds. The molecule has 1 N–H and O–H groups in total. The van der Waals surface area contributed by atoms with E-state index in [0.717, 1.165) is 5.56 Å². The summed E-state index contributed by atoms with van der Waals surface area (Å²) in [5.74, 6) is -0.229. The van der Waals surface area contributed by atoms with Crippen molar-refractivity contribution in [2.75, 3.05) is 13.2 Å². The summed E-state index contributed by atoms with van der Waals surface area (Å²) < 4.78 is 10.5. The molecule has 0 fully saturated rings. The Hall–Kier alpha value is -0.910. The summed E-state index contributed by atoms with van der Waals surface area (Å²) in [4.78, 5) is 11.9. The topological polar surface area (TPSA) is 47.6 Å². The van der Waals surface area contributed by atoms with Gasteiger partial charge in [0.05, 0.1) is 6.04 Å². The molecule has 96 valence electrons. The molecular weight excluding hydrogens is 238 g/mol. The molecule has 0 aliphatic carbocycles. The van der Waals surface area contributed by atoms with Gasteiger partial charge >= 0.3 is 0 Å². The van der Waals surface area contributed by atoms with E-state index in [2.05, 4.69) is 5.32 Å². The van der Waals surface area contributed by atoms with Gasteiger partial charge in [0, 0.05) is 13.2 Å². The van der Waals surface area contributed by atoms with Crippen LogP contribution in [0, 0.1) is 0 Å². The second-order valence-electron chi connectivity index (χ2n) is 3.53. The third-order valence-corrected chi connectivity index (χ3v) is 2.95. The fourth-order valence-electron chi connectivity index (χ4n) is 1.39. The maximum absolute atomic E-state index is 11.9. The first-order valence-electron chi connectivity index (χ1n) is 5.74. The number of amides is 1. The highest BCUT2D eigenvalue weighted by molar-refractivity contribution is 7.07. The van der Waals surface area contributed by atoms with Gasteiger partial charge in [0.25, 0.3) is 5.91 Å². The Morgan fingerprint density at radius 1 is 1.41 bits per heavy atom. The zero-order chi connectivity index (χ0) is 12.7. The Morgan fingerprint density at radius 3 is 2.53 bits per heavy atom. The molecule has 1 rings (SSSR count). The molecule has 1 aromatic rings. The molecule has 0 aliphatic heterocycles. The van der Waals surface area contributed by atoms with E-state index in [9.17, 15) is 4.79 Å². The first kappa shape index (κ1) is 14.2. The average Bonchev–Trinajstić information content (AvgIpc) is 2.82. The number of hydrogen-bond donors (Lipinski definition) is 1. The highest BCUT2D eigenvalue weighted by Gasteiger charge is 2.20. The Kier molecular flexibility index (Phi) is 6.18. The number of thiophene rings is 1. The third-order valence-electron chi connectivity index (χ3n) is 2.25. The van der Waals surface area contributed by atoms with Crippen LogP contribution in [0.25, 0.3) is 0 Å². The van der Waals surface area contributed by atoms with Crippen molar-refractivity contribution < 1.29 is 14.3 Å². The quantitative estimate of drug-likeness (QED) is 0.763. The predicted octanol–water partition coefficient (Wildman–Crippen LogP) is 2.32. The third kappa shape index (κ3) is 4.46. The van der Waals surface area contributed by atoms with Crippen LogP contribution in [-0.4, -0.2) is 25.4 Å². The van der Waals surface area contributed by atoms with Crippen LogP contribution in [0.4, 0.5) is 0 Å². The lowest BCUT2D eigenvalue weighted by atomic mass is 10.2. The highest BCUT2D eigenvalue weighted by Crippen LogP contribution is 2.15. The lowest BCUT2D eigenvalue weighted by molar-refractivity contribution is -0.170. The molecule has 1 aromatic heterocycles. The van der Waals surface area contributed by atoms with Crippen molar-refractivity contribution in [3.8, 4) is 0 Å². The Morgan fingerprint density at radius 2 is 2.06 bits per heavy atom. The number of hydrogen-bond acceptors (Lipinski definition) is 4. The highest BCUT2D eigenvalue weighted by atomic mass is 32.1. The van der Waals surface area contributed by atoms with Crippen LogP contribution >= 0.6 is 11.3 Å². The summed E-state index contributed by atoms with van der Waals surface area (Å²) in [6.07, 6.45) is -0.814. The minimum absolute atomic E-state index is 0.0304. The van der Waals surface area contributed by atoms with Gasteiger partial charge in [-0.3, -0.25) is 4.79 Å². The van der Waals surface area contributed by atoms with Crippen molar-refractivity contribution >= 4 is 17.2 Å². The summed E-state index contributed by atoms with van der Waals surface area (Å²) in [7, 11) is 0. The summed E-state index contributed by atoms with van der Waals surface area (Å²) >= 11 is 1.61. The lowest BCUT2D eigenvalue weighted by Gasteiger charge is -2.19. The minimum Gasteiger partial charge on any atom is -0.345 e. The summed E-state index contributed by atoms with van der Waals surface area (Å²) in [5.41, 5.74) is 1.09.